The highest BCUT2D eigenvalue weighted by Gasteiger charge is 2.34. The number of hydrogen-bond acceptors (Lipinski definition) is 4. The van der Waals surface area contributed by atoms with Crippen molar-refractivity contribution in [2.24, 2.45) is 0 Å². The van der Waals surface area contributed by atoms with E-state index in [0.717, 1.165) is 17.0 Å². The van der Waals surface area contributed by atoms with Crippen LogP contribution < -0.4 is 4.74 Å². The van der Waals surface area contributed by atoms with E-state index in [9.17, 15) is 13.2 Å². The molecule has 0 N–H and O–H groups in total. The minimum absolute atomic E-state index is 0.0287. The van der Waals surface area contributed by atoms with Crippen LogP contribution in [0.25, 0.3) is 22.4 Å². The van der Waals surface area contributed by atoms with Crippen molar-refractivity contribution in [1.82, 2.24) is 15.0 Å². The molecule has 4 rings (SSSR count). The Morgan fingerprint density at radius 2 is 1.56 bits per heavy atom. The molecule has 0 amide bonds. The highest BCUT2D eigenvalue weighted by Crippen LogP contribution is 2.37. The van der Waals surface area contributed by atoms with Crippen LogP contribution in [0.3, 0.4) is 0 Å². The minimum Gasteiger partial charge on any atom is -0.438 e. The summed E-state index contributed by atoms with van der Waals surface area (Å²) in [4.78, 5) is 13.0. The van der Waals surface area contributed by atoms with Crippen LogP contribution in [0.15, 0.2) is 72.9 Å². The largest absolute Gasteiger partial charge is 0.438 e. The summed E-state index contributed by atoms with van der Waals surface area (Å²) in [5.41, 5.74) is 0.292. The lowest BCUT2D eigenvalue weighted by molar-refractivity contribution is -0.138. The van der Waals surface area contributed by atoms with Gasteiger partial charge in [0, 0.05) is 17.6 Å². The van der Waals surface area contributed by atoms with Gasteiger partial charge in [0.05, 0.1) is 11.1 Å². The second-order valence-electron chi connectivity index (χ2n) is 5.71. The fraction of sp³-hybridized carbons (Fsp3) is 0.0500. The van der Waals surface area contributed by atoms with Crippen LogP contribution >= 0.6 is 0 Å². The normalized spacial score (nSPS) is 11.5. The number of benzene rings is 2. The summed E-state index contributed by atoms with van der Waals surface area (Å²) in [6.45, 7) is 0. The van der Waals surface area contributed by atoms with Gasteiger partial charge >= 0.3 is 6.18 Å². The van der Waals surface area contributed by atoms with Crippen molar-refractivity contribution in [3.8, 4) is 23.1 Å². The van der Waals surface area contributed by atoms with Gasteiger partial charge in [-0.3, -0.25) is 0 Å². The average molecular weight is 367 g/mol. The van der Waals surface area contributed by atoms with Crippen molar-refractivity contribution in [2.45, 2.75) is 6.18 Å². The molecule has 4 nitrogen and oxygen atoms in total. The average Bonchev–Trinajstić information content (AvgIpc) is 2.67. The Balaban J connectivity index is 1.69. The predicted molar refractivity (Wildman–Crippen MR) is 94.3 cm³/mol. The van der Waals surface area contributed by atoms with Gasteiger partial charge in [-0.05, 0) is 24.3 Å². The molecule has 0 aliphatic carbocycles. The third kappa shape index (κ3) is 3.57. The fourth-order valence-electron chi connectivity index (χ4n) is 2.59. The molecule has 0 saturated carbocycles. The van der Waals surface area contributed by atoms with Crippen LogP contribution in [0, 0.1) is 0 Å². The molecule has 0 aliphatic rings. The Kier molecular flexibility index (Phi) is 4.19. The molecule has 0 radical (unpaired) electrons. The molecule has 0 spiro atoms. The molecule has 134 valence electrons. The van der Waals surface area contributed by atoms with Gasteiger partial charge in [0.25, 0.3) is 0 Å². The molecular weight excluding hydrogens is 355 g/mol. The number of rotatable bonds is 3. The lowest BCUT2D eigenvalue weighted by atomic mass is 10.2. The summed E-state index contributed by atoms with van der Waals surface area (Å²) in [7, 11) is 0. The number of halogens is 3. The highest BCUT2D eigenvalue weighted by atomic mass is 19.4. The van der Waals surface area contributed by atoms with E-state index in [4.69, 9.17) is 4.74 Å². The highest BCUT2D eigenvalue weighted by molar-refractivity contribution is 5.79. The second kappa shape index (κ2) is 6.68. The third-order valence-corrected chi connectivity index (χ3v) is 3.85. The maximum absolute atomic E-state index is 13.1. The molecule has 0 atom stereocenters. The smallest absolute Gasteiger partial charge is 0.419 e. The summed E-state index contributed by atoms with van der Waals surface area (Å²) >= 11 is 0. The zero-order valence-corrected chi connectivity index (χ0v) is 13.8. The molecule has 2 aromatic carbocycles. The first-order chi connectivity index (χ1) is 13.0. The number of ether oxygens (including phenoxy) is 1. The number of nitrogens with zero attached hydrogens (tertiary/aromatic N) is 3. The van der Waals surface area contributed by atoms with Crippen LogP contribution in [0.5, 0.6) is 11.6 Å². The lowest BCUT2D eigenvalue weighted by Crippen LogP contribution is -2.07. The maximum Gasteiger partial charge on any atom is 0.419 e. The van der Waals surface area contributed by atoms with Gasteiger partial charge in [-0.1, -0.05) is 36.4 Å². The van der Waals surface area contributed by atoms with Crippen LogP contribution in [0.1, 0.15) is 5.56 Å². The first kappa shape index (κ1) is 17.0. The molecule has 7 heteroatoms. The SMILES string of the molecule is FC(F)(F)c1ccccc1Oc1cccc(-c2ncc3ccccc3n2)n1. The van der Waals surface area contributed by atoms with Crippen molar-refractivity contribution in [3.05, 3.63) is 78.5 Å². The number of hydrogen-bond donors (Lipinski definition) is 0. The number of para-hydroxylation sites is 2. The van der Waals surface area contributed by atoms with Crippen LogP contribution in [0.2, 0.25) is 0 Å². The lowest BCUT2D eigenvalue weighted by Gasteiger charge is -2.13. The van der Waals surface area contributed by atoms with E-state index in [2.05, 4.69) is 15.0 Å². The Morgan fingerprint density at radius 1 is 0.778 bits per heavy atom. The third-order valence-electron chi connectivity index (χ3n) is 3.85. The number of alkyl halides is 3. The zero-order chi connectivity index (χ0) is 18.9. The van der Waals surface area contributed by atoms with Gasteiger partial charge < -0.3 is 4.74 Å². The van der Waals surface area contributed by atoms with Crippen molar-refractivity contribution in [3.63, 3.8) is 0 Å². The molecule has 0 saturated heterocycles. The van der Waals surface area contributed by atoms with Crippen LogP contribution in [-0.2, 0) is 6.18 Å². The maximum atomic E-state index is 13.1. The van der Waals surface area contributed by atoms with E-state index in [0.29, 0.717) is 11.5 Å². The van der Waals surface area contributed by atoms with Gasteiger partial charge in [0.15, 0.2) is 5.82 Å². The van der Waals surface area contributed by atoms with Crippen molar-refractivity contribution >= 4 is 10.9 Å². The zero-order valence-electron chi connectivity index (χ0n) is 13.8. The quantitative estimate of drug-likeness (QED) is 0.479. The summed E-state index contributed by atoms with van der Waals surface area (Å²) in [5.74, 6) is 0.0818. The van der Waals surface area contributed by atoms with E-state index in [1.165, 1.54) is 24.3 Å². The summed E-state index contributed by atoms with van der Waals surface area (Å²) in [6.07, 6.45) is -2.85. The second-order valence-corrected chi connectivity index (χ2v) is 5.71. The predicted octanol–water partition coefficient (Wildman–Crippen LogP) is 5.50. The van der Waals surface area contributed by atoms with E-state index in [-0.39, 0.29) is 11.6 Å². The standard InChI is InChI=1S/C20H12F3N3O/c21-20(22,23)14-7-2-4-10-17(14)27-18-11-5-9-16(25-18)19-24-12-13-6-1-3-8-15(13)26-19/h1-12H. The molecule has 0 fully saturated rings. The molecule has 0 unspecified atom stereocenters. The first-order valence-corrected chi connectivity index (χ1v) is 8.04. The van der Waals surface area contributed by atoms with Gasteiger partial charge in [-0.2, -0.15) is 13.2 Å². The summed E-state index contributed by atoms with van der Waals surface area (Å²) in [6, 6.07) is 17.3. The van der Waals surface area contributed by atoms with Crippen LogP contribution in [0.4, 0.5) is 13.2 Å². The van der Waals surface area contributed by atoms with Gasteiger partial charge in [-0.25, -0.2) is 15.0 Å². The molecular formula is C20H12F3N3O. The summed E-state index contributed by atoms with van der Waals surface area (Å²) in [5, 5.41) is 0.882. The van der Waals surface area contributed by atoms with Gasteiger partial charge in [0.1, 0.15) is 11.4 Å². The van der Waals surface area contributed by atoms with Crippen molar-refractivity contribution < 1.29 is 17.9 Å². The first-order valence-electron chi connectivity index (χ1n) is 8.04. The van der Waals surface area contributed by atoms with E-state index in [1.54, 1.807) is 18.3 Å². The molecule has 0 bridgehead atoms. The van der Waals surface area contributed by atoms with Crippen molar-refractivity contribution in [1.29, 1.82) is 0 Å². The van der Waals surface area contributed by atoms with E-state index in [1.807, 2.05) is 24.3 Å². The van der Waals surface area contributed by atoms with E-state index >= 15 is 0 Å². The van der Waals surface area contributed by atoms with Crippen molar-refractivity contribution in [2.75, 3.05) is 0 Å². The number of pyridine rings is 1. The fourth-order valence-corrected chi connectivity index (χ4v) is 2.59. The van der Waals surface area contributed by atoms with Crippen LogP contribution in [-0.4, -0.2) is 15.0 Å². The Bertz CT molecular complexity index is 1110. The Hall–Kier alpha value is -3.48. The molecule has 2 heterocycles. The Labute approximate surface area is 152 Å². The number of aromatic nitrogens is 3. The molecule has 0 aliphatic heterocycles. The summed E-state index contributed by atoms with van der Waals surface area (Å²) < 4.78 is 44.8. The minimum atomic E-state index is -4.52. The molecule has 2 aromatic heterocycles. The van der Waals surface area contributed by atoms with Gasteiger partial charge in [-0.15, -0.1) is 0 Å². The number of fused-ring (bicyclic) bond motifs is 1. The Morgan fingerprint density at radius 3 is 2.41 bits per heavy atom. The monoisotopic (exact) mass is 367 g/mol. The topological polar surface area (TPSA) is 47.9 Å². The molecule has 4 aromatic rings. The van der Waals surface area contributed by atoms with E-state index < -0.39 is 11.7 Å². The van der Waals surface area contributed by atoms with Gasteiger partial charge in [0.2, 0.25) is 5.88 Å². The molecule has 27 heavy (non-hydrogen) atoms.